The van der Waals surface area contributed by atoms with Crippen molar-refractivity contribution in [3.63, 3.8) is 0 Å². The highest BCUT2D eigenvalue weighted by Gasteiger charge is 2.23. The average molecular weight is 331 g/mol. The number of hydrogen-bond donors (Lipinski definition) is 4. The van der Waals surface area contributed by atoms with Crippen LogP contribution in [0.5, 0.6) is 0 Å². The number of imidazole rings is 1. The van der Waals surface area contributed by atoms with Crippen LogP contribution in [0.25, 0.3) is 11.0 Å². The fourth-order valence-corrected chi connectivity index (χ4v) is 3.50. The second-order valence-corrected chi connectivity index (χ2v) is 6.73. The Hall–Kier alpha value is -2.08. The second kappa shape index (κ2) is 7.66. The molecule has 1 aliphatic carbocycles. The van der Waals surface area contributed by atoms with Gasteiger partial charge in [-0.1, -0.05) is 18.9 Å². The van der Waals surface area contributed by atoms with Gasteiger partial charge in [0, 0.05) is 13.0 Å². The molecule has 4 N–H and O–H groups in total. The quantitative estimate of drug-likeness (QED) is 0.623. The molecule has 130 valence electrons. The van der Waals surface area contributed by atoms with Crippen molar-refractivity contribution in [3.05, 3.63) is 34.2 Å². The lowest BCUT2D eigenvalue weighted by Gasteiger charge is -2.18. The van der Waals surface area contributed by atoms with Gasteiger partial charge in [0.15, 0.2) is 0 Å². The molecule has 1 aliphatic rings. The number of carbonyl (C=O) groups is 1. The Labute approximate surface area is 140 Å². The number of nitrogens with one attached hydrogen (secondary N) is 3. The molecule has 1 saturated carbocycles. The molecule has 1 aromatic carbocycles. The maximum absolute atomic E-state index is 11.9. The molecule has 6 heteroatoms. The molecule has 0 radical (unpaired) electrons. The molecule has 1 amide bonds. The summed E-state index contributed by atoms with van der Waals surface area (Å²) in [6.45, 7) is 0.361. The van der Waals surface area contributed by atoms with Crippen molar-refractivity contribution in [2.24, 2.45) is 5.92 Å². The third-order valence-electron chi connectivity index (χ3n) is 4.90. The van der Waals surface area contributed by atoms with Gasteiger partial charge in [-0.2, -0.15) is 0 Å². The van der Waals surface area contributed by atoms with Crippen LogP contribution in [0.1, 0.15) is 44.1 Å². The Morgan fingerprint density at radius 3 is 2.79 bits per heavy atom. The van der Waals surface area contributed by atoms with Crippen molar-refractivity contribution < 1.29 is 9.90 Å². The molecule has 6 nitrogen and oxygen atoms in total. The van der Waals surface area contributed by atoms with Crippen molar-refractivity contribution in [3.8, 4) is 0 Å². The van der Waals surface area contributed by atoms with E-state index in [0.717, 1.165) is 42.3 Å². The zero-order chi connectivity index (χ0) is 16.9. The van der Waals surface area contributed by atoms with Crippen LogP contribution in [0.15, 0.2) is 23.0 Å². The number of benzene rings is 1. The smallest absolute Gasteiger partial charge is 0.323 e. The van der Waals surface area contributed by atoms with Gasteiger partial charge in [0.1, 0.15) is 0 Å². The van der Waals surface area contributed by atoms with E-state index in [9.17, 15) is 14.7 Å². The minimum atomic E-state index is -0.413. The number of aromatic amines is 2. The maximum Gasteiger partial charge on any atom is 0.323 e. The largest absolute Gasteiger partial charge is 0.391 e. The first-order valence-electron chi connectivity index (χ1n) is 8.77. The van der Waals surface area contributed by atoms with Crippen LogP contribution in [-0.2, 0) is 11.2 Å². The number of aliphatic hydroxyl groups excluding tert-OH is 1. The monoisotopic (exact) mass is 331 g/mol. The molecule has 1 aromatic heterocycles. The van der Waals surface area contributed by atoms with Gasteiger partial charge in [-0.05, 0) is 49.3 Å². The van der Waals surface area contributed by atoms with Crippen LogP contribution in [0, 0.1) is 5.92 Å². The van der Waals surface area contributed by atoms with E-state index >= 15 is 0 Å². The summed E-state index contributed by atoms with van der Waals surface area (Å²) in [7, 11) is 0. The van der Waals surface area contributed by atoms with Gasteiger partial charge in [-0.3, -0.25) is 4.79 Å². The van der Waals surface area contributed by atoms with Gasteiger partial charge in [0.25, 0.3) is 0 Å². The van der Waals surface area contributed by atoms with Crippen LogP contribution in [0.2, 0.25) is 0 Å². The van der Waals surface area contributed by atoms with E-state index in [1.165, 1.54) is 12.8 Å². The molecule has 1 atom stereocenters. The van der Waals surface area contributed by atoms with Gasteiger partial charge in [-0.25, -0.2) is 4.79 Å². The molecule has 24 heavy (non-hydrogen) atoms. The van der Waals surface area contributed by atoms with Crippen LogP contribution in [-0.4, -0.2) is 33.6 Å². The summed E-state index contributed by atoms with van der Waals surface area (Å²) >= 11 is 0. The van der Waals surface area contributed by atoms with E-state index in [-0.39, 0.29) is 11.6 Å². The average Bonchev–Trinajstić information content (AvgIpc) is 3.20. The number of H-pyrrole nitrogens is 2. The lowest BCUT2D eigenvalue weighted by atomic mass is 10.0. The highest BCUT2D eigenvalue weighted by molar-refractivity contribution is 5.76. The SMILES string of the molecule is O=C(CCCc1ccc2[nH]c(=O)[nH]c2c1)NCC(O)C1CCCC1. The first-order chi connectivity index (χ1) is 11.6. The van der Waals surface area contributed by atoms with Gasteiger partial charge < -0.3 is 20.4 Å². The summed E-state index contributed by atoms with van der Waals surface area (Å²) in [6.07, 6.45) is 6.07. The topological polar surface area (TPSA) is 98.0 Å². The molecule has 1 unspecified atom stereocenters. The first kappa shape index (κ1) is 16.8. The van der Waals surface area contributed by atoms with Crippen molar-refractivity contribution in [1.29, 1.82) is 0 Å². The van der Waals surface area contributed by atoms with Gasteiger partial charge in [-0.15, -0.1) is 0 Å². The number of carbonyl (C=O) groups excluding carboxylic acids is 1. The molecule has 1 fully saturated rings. The van der Waals surface area contributed by atoms with Crippen molar-refractivity contribution in [1.82, 2.24) is 15.3 Å². The molecule has 0 spiro atoms. The number of aromatic nitrogens is 2. The summed E-state index contributed by atoms with van der Waals surface area (Å²) in [6, 6.07) is 5.78. The van der Waals surface area contributed by atoms with Gasteiger partial charge >= 0.3 is 5.69 Å². The normalized spacial score (nSPS) is 16.5. The highest BCUT2D eigenvalue weighted by atomic mass is 16.3. The maximum atomic E-state index is 11.9. The third kappa shape index (κ3) is 4.26. The van der Waals surface area contributed by atoms with Crippen LogP contribution < -0.4 is 11.0 Å². The number of fused-ring (bicyclic) bond motifs is 1. The van der Waals surface area contributed by atoms with Gasteiger partial charge in [0.05, 0.1) is 17.1 Å². The number of rotatable bonds is 7. The minimum absolute atomic E-state index is 0.0109. The van der Waals surface area contributed by atoms with Crippen LogP contribution in [0.3, 0.4) is 0 Å². The summed E-state index contributed by atoms with van der Waals surface area (Å²) in [5.74, 6) is 0.337. The predicted molar refractivity (Wildman–Crippen MR) is 92.8 cm³/mol. The number of hydrogen-bond acceptors (Lipinski definition) is 3. The Bertz CT molecular complexity index is 743. The second-order valence-electron chi connectivity index (χ2n) is 6.73. The van der Waals surface area contributed by atoms with Crippen LogP contribution in [0.4, 0.5) is 0 Å². The van der Waals surface area contributed by atoms with E-state index in [2.05, 4.69) is 15.3 Å². The number of amides is 1. The van der Waals surface area contributed by atoms with E-state index in [0.29, 0.717) is 18.9 Å². The van der Waals surface area contributed by atoms with E-state index in [1.54, 1.807) is 0 Å². The van der Waals surface area contributed by atoms with Crippen molar-refractivity contribution >= 4 is 16.9 Å². The van der Waals surface area contributed by atoms with E-state index in [4.69, 9.17) is 0 Å². The van der Waals surface area contributed by atoms with Crippen molar-refractivity contribution in [2.75, 3.05) is 6.54 Å². The summed E-state index contributed by atoms with van der Waals surface area (Å²) < 4.78 is 0. The van der Waals surface area contributed by atoms with Gasteiger partial charge in [0.2, 0.25) is 5.91 Å². The van der Waals surface area contributed by atoms with E-state index < -0.39 is 6.10 Å². The molecule has 3 rings (SSSR count). The van der Waals surface area contributed by atoms with E-state index in [1.807, 2.05) is 18.2 Å². The third-order valence-corrected chi connectivity index (χ3v) is 4.90. The lowest BCUT2D eigenvalue weighted by Crippen LogP contribution is -2.35. The molecule has 0 saturated heterocycles. The summed E-state index contributed by atoms with van der Waals surface area (Å²) in [5, 5.41) is 12.9. The molecular formula is C18H25N3O3. The Balaban J connectivity index is 1.40. The fraction of sp³-hybridized carbons (Fsp3) is 0.556. The zero-order valence-corrected chi connectivity index (χ0v) is 13.8. The lowest BCUT2D eigenvalue weighted by molar-refractivity contribution is -0.121. The molecule has 0 aliphatic heterocycles. The first-order valence-corrected chi connectivity index (χ1v) is 8.77. The Morgan fingerprint density at radius 2 is 2.00 bits per heavy atom. The Morgan fingerprint density at radius 1 is 1.25 bits per heavy atom. The fourth-order valence-electron chi connectivity index (χ4n) is 3.50. The molecule has 0 bridgehead atoms. The number of aryl methyl sites for hydroxylation is 1. The number of aliphatic hydroxyl groups is 1. The zero-order valence-electron chi connectivity index (χ0n) is 13.8. The molecular weight excluding hydrogens is 306 g/mol. The summed E-state index contributed by atoms with van der Waals surface area (Å²) in [4.78, 5) is 28.6. The molecule has 1 heterocycles. The summed E-state index contributed by atoms with van der Waals surface area (Å²) in [5.41, 5.74) is 2.47. The Kier molecular flexibility index (Phi) is 5.35. The van der Waals surface area contributed by atoms with Crippen LogP contribution >= 0.6 is 0 Å². The predicted octanol–water partition coefficient (Wildman–Crippen LogP) is 1.85. The van der Waals surface area contributed by atoms with Crippen molar-refractivity contribution in [2.45, 2.75) is 51.0 Å². The minimum Gasteiger partial charge on any atom is -0.391 e. The molecule has 2 aromatic rings. The highest BCUT2D eigenvalue weighted by Crippen LogP contribution is 2.27. The standard InChI is InChI=1S/C18H25N3O3/c22-16(13-5-1-2-6-13)11-19-17(23)7-3-4-12-8-9-14-15(10-12)21-18(24)20-14/h8-10,13,16,22H,1-7,11H2,(H,19,23)(H2,20,21,24).